The van der Waals surface area contributed by atoms with Gasteiger partial charge in [-0.05, 0) is 51.2 Å². The Kier molecular flexibility index (Phi) is 8.35. The maximum Gasteiger partial charge on any atom is 0.119 e. The maximum atomic E-state index is 10.3. The monoisotopic (exact) mass is 294 g/mol. The van der Waals surface area contributed by atoms with Crippen LogP contribution in [0.15, 0.2) is 24.3 Å². The highest BCUT2D eigenvalue weighted by Gasteiger charge is 2.16. The van der Waals surface area contributed by atoms with Crippen molar-refractivity contribution in [2.75, 3.05) is 27.2 Å². The number of nitrogens with zero attached hydrogens (tertiary/aromatic N) is 1. The van der Waals surface area contributed by atoms with Gasteiger partial charge >= 0.3 is 0 Å². The summed E-state index contributed by atoms with van der Waals surface area (Å²) in [5.41, 5.74) is 6.89. The molecule has 21 heavy (non-hydrogen) atoms. The molecule has 0 spiro atoms. The van der Waals surface area contributed by atoms with E-state index < -0.39 is 6.10 Å². The summed E-state index contributed by atoms with van der Waals surface area (Å²) < 4.78 is 5.66. The minimum Gasteiger partial charge on any atom is -0.494 e. The second kappa shape index (κ2) is 9.77. The summed E-state index contributed by atoms with van der Waals surface area (Å²) in [6.07, 6.45) is 3.61. The molecule has 0 aliphatic rings. The van der Waals surface area contributed by atoms with Crippen LogP contribution < -0.4 is 10.5 Å². The van der Waals surface area contributed by atoms with E-state index in [1.165, 1.54) is 12.8 Å². The number of hydrogen-bond acceptors (Lipinski definition) is 4. The first-order chi connectivity index (χ1) is 10.0. The molecule has 0 fully saturated rings. The van der Waals surface area contributed by atoms with Crippen LogP contribution in [0, 0.1) is 0 Å². The van der Waals surface area contributed by atoms with Crippen LogP contribution in [-0.2, 0) is 0 Å². The normalized spacial score (nSPS) is 14.2. The average Bonchev–Trinajstić information content (AvgIpc) is 2.49. The molecule has 120 valence electrons. The van der Waals surface area contributed by atoms with Crippen LogP contribution in [0.1, 0.15) is 44.3 Å². The summed E-state index contributed by atoms with van der Waals surface area (Å²) in [4.78, 5) is 2.07. The molecule has 0 heterocycles. The number of nitrogens with two attached hydrogens (primary N) is 1. The quantitative estimate of drug-likeness (QED) is 0.651. The maximum absolute atomic E-state index is 10.3. The van der Waals surface area contributed by atoms with Crippen molar-refractivity contribution < 1.29 is 9.84 Å². The van der Waals surface area contributed by atoms with Gasteiger partial charge in [0.15, 0.2) is 0 Å². The third-order valence-electron chi connectivity index (χ3n) is 3.55. The summed E-state index contributed by atoms with van der Waals surface area (Å²) in [6.45, 7) is 3.80. The Morgan fingerprint density at radius 2 is 1.86 bits per heavy atom. The van der Waals surface area contributed by atoms with Crippen LogP contribution in [0.5, 0.6) is 5.75 Å². The van der Waals surface area contributed by atoms with Crippen molar-refractivity contribution in [3.8, 4) is 5.75 Å². The molecule has 0 saturated carbocycles. The Hall–Kier alpha value is -1.10. The zero-order valence-electron chi connectivity index (χ0n) is 13.6. The first-order valence-electron chi connectivity index (χ1n) is 7.85. The Balaban J connectivity index is 2.44. The number of aliphatic hydroxyl groups excluding tert-OH is 1. The summed E-state index contributed by atoms with van der Waals surface area (Å²) in [6, 6.07) is 7.36. The molecule has 2 unspecified atom stereocenters. The molecule has 0 aromatic heterocycles. The second-order valence-electron chi connectivity index (χ2n) is 5.83. The Morgan fingerprint density at radius 1 is 1.19 bits per heavy atom. The highest BCUT2D eigenvalue weighted by Crippen LogP contribution is 2.21. The second-order valence-corrected chi connectivity index (χ2v) is 5.83. The van der Waals surface area contributed by atoms with Crippen molar-refractivity contribution in [1.82, 2.24) is 4.90 Å². The highest BCUT2D eigenvalue weighted by atomic mass is 16.5. The summed E-state index contributed by atoms with van der Waals surface area (Å²) in [5.74, 6) is 0.851. The summed E-state index contributed by atoms with van der Waals surface area (Å²) in [7, 11) is 4.01. The largest absolute Gasteiger partial charge is 0.494 e. The molecule has 0 aliphatic heterocycles. The molecule has 3 N–H and O–H groups in total. The van der Waals surface area contributed by atoms with Gasteiger partial charge in [-0.15, -0.1) is 0 Å². The van der Waals surface area contributed by atoms with E-state index in [1.54, 1.807) is 0 Å². The lowest BCUT2D eigenvalue weighted by atomic mass is 10.0. The fourth-order valence-corrected chi connectivity index (χ4v) is 2.12. The third kappa shape index (κ3) is 6.93. The van der Waals surface area contributed by atoms with Crippen LogP contribution in [0.4, 0.5) is 0 Å². The standard InChI is InChI=1S/C17H30N2O2/c1-4-5-6-13-21-15-9-7-14(8-10-15)17(20)16(18)11-12-19(2)3/h7-10,16-17,20H,4-6,11-13,18H2,1-3H3. The molecule has 0 radical (unpaired) electrons. The van der Waals surface area contributed by atoms with Gasteiger partial charge in [-0.25, -0.2) is 0 Å². The fraction of sp³-hybridized carbons (Fsp3) is 0.647. The lowest BCUT2D eigenvalue weighted by Gasteiger charge is -2.21. The number of hydrogen-bond donors (Lipinski definition) is 2. The van der Waals surface area contributed by atoms with E-state index in [2.05, 4.69) is 11.8 Å². The van der Waals surface area contributed by atoms with Gasteiger partial charge in [-0.1, -0.05) is 31.9 Å². The third-order valence-corrected chi connectivity index (χ3v) is 3.55. The van der Waals surface area contributed by atoms with Crippen molar-refractivity contribution >= 4 is 0 Å². The van der Waals surface area contributed by atoms with Crippen molar-refractivity contribution in [3.63, 3.8) is 0 Å². The first kappa shape index (κ1) is 18.0. The molecule has 4 nitrogen and oxygen atoms in total. The van der Waals surface area contributed by atoms with Gasteiger partial charge in [-0.2, -0.15) is 0 Å². The van der Waals surface area contributed by atoms with Crippen LogP contribution in [0.25, 0.3) is 0 Å². The molecule has 1 rings (SSSR count). The minimum atomic E-state index is -0.626. The lowest BCUT2D eigenvalue weighted by Crippen LogP contribution is -2.32. The Labute approximate surface area is 128 Å². The predicted molar refractivity (Wildman–Crippen MR) is 87.6 cm³/mol. The number of aliphatic hydroxyl groups is 1. The molecule has 0 aliphatic carbocycles. The molecule has 4 heteroatoms. The molecule has 0 amide bonds. The Morgan fingerprint density at radius 3 is 2.43 bits per heavy atom. The molecule has 0 bridgehead atoms. The highest BCUT2D eigenvalue weighted by molar-refractivity contribution is 5.29. The molecular weight excluding hydrogens is 264 g/mol. The van der Waals surface area contributed by atoms with Crippen molar-refractivity contribution in [1.29, 1.82) is 0 Å². The Bertz CT molecular complexity index is 379. The van der Waals surface area contributed by atoms with E-state index in [-0.39, 0.29) is 6.04 Å². The zero-order chi connectivity index (χ0) is 15.7. The summed E-state index contributed by atoms with van der Waals surface area (Å²) in [5, 5.41) is 10.3. The van der Waals surface area contributed by atoms with Crippen molar-refractivity contribution in [2.45, 2.75) is 44.8 Å². The molecule has 2 atom stereocenters. The lowest BCUT2D eigenvalue weighted by molar-refractivity contribution is 0.137. The van der Waals surface area contributed by atoms with E-state index in [9.17, 15) is 5.11 Å². The summed E-state index contributed by atoms with van der Waals surface area (Å²) >= 11 is 0. The van der Waals surface area contributed by atoms with Gasteiger partial charge in [0.05, 0.1) is 12.7 Å². The van der Waals surface area contributed by atoms with Gasteiger partial charge in [0, 0.05) is 6.04 Å². The van der Waals surface area contributed by atoms with Gasteiger partial charge < -0.3 is 20.5 Å². The number of rotatable bonds is 10. The van der Waals surface area contributed by atoms with E-state index in [0.29, 0.717) is 0 Å². The van der Waals surface area contributed by atoms with Crippen LogP contribution in [0.2, 0.25) is 0 Å². The first-order valence-corrected chi connectivity index (χ1v) is 7.85. The minimum absolute atomic E-state index is 0.247. The topological polar surface area (TPSA) is 58.7 Å². The fourth-order valence-electron chi connectivity index (χ4n) is 2.12. The number of ether oxygens (including phenoxy) is 1. The van der Waals surface area contributed by atoms with E-state index in [0.717, 1.165) is 37.3 Å². The molecule has 0 saturated heterocycles. The van der Waals surface area contributed by atoms with E-state index in [4.69, 9.17) is 10.5 Å². The zero-order valence-corrected chi connectivity index (χ0v) is 13.6. The van der Waals surface area contributed by atoms with Crippen LogP contribution >= 0.6 is 0 Å². The van der Waals surface area contributed by atoms with Gasteiger partial charge in [-0.3, -0.25) is 0 Å². The van der Waals surface area contributed by atoms with E-state index in [1.807, 2.05) is 38.4 Å². The smallest absolute Gasteiger partial charge is 0.119 e. The van der Waals surface area contributed by atoms with Crippen LogP contribution in [-0.4, -0.2) is 43.3 Å². The average molecular weight is 294 g/mol. The predicted octanol–water partition coefficient (Wildman–Crippen LogP) is 2.57. The van der Waals surface area contributed by atoms with Crippen molar-refractivity contribution in [2.24, 2.45) is 5.73 Å². The molecule has 1 aromatic carbocycles. The van der Waals surface area contributed by atoms with Gasteiger partial charge in [0.25, 0.3) is 0 Å². The van der Waals surface area contributed by atoms with Crippen LogP contribution in [0.3, 0.4) is 0 Å². The SMILES string of the molecule is CCCCCOc1ccc(C(O)C(N)CCN(C)C)cc1. The van der Waals surface area contributed by atoms with Crippen molar-refractivity contribution in [3.05, 3.63) is 29.8 Å². The molecule has 1 aromatic rings. The van der Waals surface area contributed by atoms with E-state index >= 15 is 0 Å². The number of unbranched alkanes of at least 4 members (excludes halogenated alkanes) is 2. The number of benzene rings is 1. The van der Waals surface area contributed by atoms with Gasteiger partial charge in [0.1, 0.15) is 5.75 Å². The van der Waals surface area contributed by atoms with Gasteiger partial charge in [0.2, 0.25) is 0 Å². The molecular formula is C17H30N2O2.